The predicted octanol–water partition coefficient (Wildman–Crippen LogP) is 5.04. The maximum Gasteiger partial charge on any atom is 4.00 e. The van der Waals surface area contributed by atoms with E-state index in [1.165, 1.54) is 0 Å². The quantitative estimate of drug-likeness (QED) is 0.374. The summed E-state index contributed by atoms with van der Waals surface area (Å²) in [5.41, 5.74) is 0.837. The van der Waals surface area contributed by atoms with Crippen LogP contribution in [0.3, 0.4) is 0 Å². The summed E-state index contributed by atoms with van der Waals surface area (Å²) in [6.45, 7) is 16.3. The van der Waals surface area contributed by atoms with Crippen molar-refractivity contribution in [1.29, 1.82) is 0 Å². The number of methoxy groups -OCH3 is 1. The summed E-state index contributed by atoms with van der Waals surface area (Å²) in [6, 6.07) is 0. The van der Waals surface area contributed by atoms with Crippen molar-refractivity contribution in [3.8, 4) is 0 Å². The van der Waals surface area contributed by atoms with E-state index in [0.29, 0.717) is 0 Å². The molecule has 118 valence electrons. The van der Waals surface area contributed by atoms with Gasteiger partial charge in [-0.3, -0.25) is 0 Å². The van der Waals surface area contributed by atoms with E-state index in [2.05, 4.69) is 40.8 Å². The molecule has 1 rings (SSSR count). The molecule has 1 fully saturated rings. The minimum absolute atomic E-state index is 0. The number of nitrogens with zero attached hydrogens (tertiary/aromatic N) is 1. The molecule has 20 heavy (non-hydrogen) atoms. The summed E-state index contributed by atoms with van der Waals surface area (Å²) in [5, 5.41) is 0. The van der Waals surface area contributed by atoms with Crippen LogP contribution in [-0.4, -0.2) is 28.5 Å². The van der Waals surface area contributed by atoms with Crippen molar-refractivity contribution < 1.29 is 30.9 Å². The van der Waals surface area contributed by atoms with E-state index >= 15 is 0 Å². The summed E-state index contributed by atoms with van der Waals surface area (Å²) in [6.07, 6.45) is 0. The molecule has 4 atom stereocenters. The minimum atomic E-state index is -1.47. The molecule has 1 aliphatic carbocycles. The van der Waals surface area contributed by atoms with Gasteiger partial charge in [0.05, 0.1) is 0 Å². The van der Waals surface area contributed by atoms with Crippen LogP contribution in [0.5, 0.6) is 0 Å². The Morgan fingerprint density at radius 3 is 1.65 bits per heavy atom. The van der Waals surface area contributed by atoms with Crippen molar-refractivity contribution in [2.24, 2.45) is 23.7 Å². The van der Waals surface area contributed by atoms with Crippen molar-refractivity contribution in [2.45, 2.75) is 46.3 Å². The van der Waals surface area contributed by atoms with Crippen LogP contribution in [0.4, 0.5) is 0 Å². The molecule has 0 amide bonds. The van der Waals surface area contributed by atoms with E-state index in [1.54, 1.807) is 7.11 Å². The van der Waals surface area contributed by atoms with Gasteiger partial charge in [0.25, 0.3) is 0 Å². The standard InChI is InChI=1S/C14H30NOSi.2CH3.Zr/c1-10-11(2)13(4)14(12(10)3)17(6,7)15-8-9-16-5;;;/h10-14H,8-9H2,1-7H3;2*1H3;/q3*-1;+4. The summed E-state index contributed by atoms with van der Waals surface area (Å²) < 4.78 is 5.12. The number of hydrogen-bond acceptors (Lipinski definition) is 1. The topological polar surface area (TPSA) is 23.3 Å². The number of ether oxygens (including phenoxy) is 1. The van der Waals surface area contributed by atoms with Gasteiger partial charge in [0.2, 0.25) is 0 Å². The van der Waals surface area contributed by atoms with Crippen LogP contribution in [0, 0.1) is 38.5 Å². The van der Waals surface area contributed by atoms with Gasteiger partial charge in [-0.2, -0.15) is 0 Å². The van der Waals surface area contributed by atoms with Crippen LogP contribution in [0.2, 0.25) is 18.6 Å². The molecule has 0 aromatic rings. The largest absolute Gasteiger partial charge is 4.00 e. The number of rotatable bonds is 5. The Labute approximate surface area is 149 Å². The van der Waals surface area contributed by atoms with Crippen LogP contribution >= 0.6 is 0 Å². The molecule has 0 heterocycles. The summed E-state index contributed by atoms with van der Waals surface area (Å²) in [7, 11) is 0.287. The Bertz CT molecular complexity index is 237. The SMILES string of the molecule is COCC[N-][Si](C)(C)C1C(C)C(C)C(C)C1C.[CH3-].[CH3-].[Zr+4]. The maximum absolute atomic E-state index is 5.12. The molecule has 4 heteroatoms. The zero-order valence-electron chi connectivity index (χ0n) is 15.2. The van der Waals surface area contributed by atoms with Crippen LogP contribution in [0.25, 0.3) is 4.98 Å². The van der Waals surface area contributed by atoms with Gasteiger partial charge >= 0.3 is 26.2 Å². The Balaban J connectivity index is -0.000000963. The average molecular weight is 378 g/mol. The molecule has 0 N–H and O–H groups in total. The molecule has 1 aliphatic rings. The van der Waals surface area contributed by atoms with Gasteiger partial charge in [-0.15, -0.1) is 6.54 Å². The fraction of sp³-hybridized carbons (Fsp3) is 0.875. The van der Waals surface area contributed by atoms with Gasteiger partial charge in [0.15, 0.2) is 0 Å². The smallest absolute Gasteiger partial charge is 0.663 e. The Hall–Kier alpha value is 1.02. The molecular weight excluding hydrogens is 341 g/mol. The van der Waals surface area contributed by atoms with Crippen LogP contribution in [0.1, 0.15) is 27.7 Å². The van der Waals surface area contributed by atoms with Crippen LogP contribution < -0.4 is 0 Å². The monoisotopic (exact) mass is 376 g/mol. The second kappa shape index (κ2) is 10.7. The molecule has 0 radical (unpaired) electrons. The van der Waals surface area contributed by atoms with E-state index in [4.69, 9.17) is 9.72 Å². The molecule has 2 nitrogen and oxygen atoms in total. The molecule has 0 aromatic carbocycles. The molecule has 1 saturated carbocycles. The minimum Gasteiger partial charge on any atom is -0.663 e. The van der Waals surface area contributed by atoms with E-state index in [-0.39, 0.29) is 41.1 Å². The van der Waals surface area contributed by atoms with Crippen molar-refractivity contribution in [1.82, 2.24) is 0 Å². The summed E-state index contributed by atoms with van der Waals surface area (Å²) >= 11 is 0. The summed E-state index contributed by atoms with van der Waals surface area (Å²) in [5.74, 6) is 3.35. The third kappa shape index (κ3) is 5.66. The molecule has 0 bridgehead atoms. The maximum atomic E-state index is 5.12. The fourth-order valence-corrected chi connectivity index (χ4v) is 7.97. The first-order chi connectivity index (χ1) is 7.83. The van der Waals surface area contributed by atoms with E-state index in [9.17, 15) is 0 Å². The molecule has 0 saturated heterocycles. The first-order valence-electron chi connectivity index (χ1n) is 7.00. The van der Waals surface area contributed by atoms with E-state index < -0.39 is 8.24 Å². The summed E-state index contributed by atoms with van der Waals surface area (Å²) in [4.78, 5) is 5.01. The van der Waals surface area contributed by atoms with E-state index in [1.807, 2.05) is 0 Å². The normalized spacial score (nSPS) is 32.9. The second-order valence-corrected chi connectivity index (χ2v) is 10.8. The van der Waals surface area contributed by atoms with Crippen molar-refractivity contribution in [2.75, 3.05) is 20.3 Å². The van der Waals surface area contributed by atoms with Gasteiger partial charge in [-0.25, -0.2) is 0 Å². The second-order valence-electron chi connectivity index (χ2n) is 6.49. The third-order valence-electron chi connectivity index (χ3n) is 5.25. The first-order valence-corrected chi connectivity index (χ1v) is 10.0. The van der Waals surface area contributed by atoms with Gasteiger partial charge in [-0.1, -0.05) is 54.6 Å². The molecule has 0 spiro atoms. The van der Waals surface area contributed by atoms with Crippen molar-refractivity contribution in [3.63, 3.8) is 0 Å². The van der Waals surface area contributed by atoms with Crippen molar-refractivity contribution in [3.05, 3.63) is 19.8 Å². The molecule has 0 aliphatic heterocycles. The van der Waals surface area contributed by atoms with Crippen molar-refractivity contribution >= 4 is 8.24 Å². The van der Waals surface area contributed by atoms with Gasteiger partial charge in [0.1, 0.15) is 0 Å². The Kier molecular flexibility index (Phi) is 13.9. The van der Waals surface area contributed by atoms with Gasteiger partial charge in [0, 0.05) is 13.7 Å². The van der Waals surface area contributed by atoms with Crippen LogP contribution in [0.15, 0.2) is 0 Å². The molecule has 4 unspecified atom stereocenters. The Morgan fingerprint density at radius 2 is 1.30 bits per heavy atom. The first kappa shape index (κ1) is 25.9. The zero-order chi connectivity index (χ0) is 13.2. The molecular formula is C16H36NOSiZr+. The zero-order valence-corrected chi connectivity index (χ0v) is 18.6. The Morgan fingerprint density at radius 1 is 0.900 bits per heavy atom. The third-order valence-corrected chi connectivity index (χ3v) is 8.97. The van der Waals surface area contributed by atoms with E-state index in [0.717, 1.165) is 42.4 Å². The average Bonchev–Trinajstić information content (AvgIpc) is 2.44. The predicted molar refractivity (Wildman–Crippen MR) is 90.8 cm³/mol. The fourth-order valence-electron chi connectivity index (χ4n) is 3.91. The molecule has 0 aromatic heterocycles. The van der Waals surface area contributed by atoms with Gasteiger partial charge < -0.3 is 24.6 Å². The van der Waals surface area contributed by atoms with Crippen LogP contribution in [-0.2, 0) is 30.9 Å². The number of hydrogen-bond donors (Lipinski definition) is 0. The van der Waals surface area contributed by atoms with Gasteiger partial charge in [-0.05, 0) is 23.7 Å².